The van der Waals surface area contributed by atoms with Crippen molar-refractivity contribution in [3.8, 4) is 0 Å². The zero-order chi connectivity index (χ0) is 13.5. The normalized spacial score (nSPS) is 14.1. The molecule has 0 spiro atoms. The number of nitrogens with two attached hydrogens (primary N) is 1. The lowest BCUT2D eigenvalue weighted by Gasteiger charge is -2.11. The molecule has 1 heterocycles. The number of aryl methyl sites for hydroxylation is 1. The van der Waals surface area contributed by atoms with Gasteiger partial charge in [-0.15, -0.1) is 0 Å². The average molecular weight is 256 g/mol. The van der Waals surface area contributed by atoms with E-state index in [0.717, 1.165) is 11.8 Å². The van der Waals surface area contributed by atoms with Gasteiger partial charge in [-0.3, -0.25) is 0 Å². The molecular formula is C13H15F3N2. The van der Waals surface area contributed by atoms with E-state index in [1.165, 1.54) is 6.07 Å². The molecule has 1 aromatic carbocycles. The van der Waals surface area contributed by atoms with Crippen molar-refractivity contribution in [3.63, 3.8) is 0 Å². The molecule has 0 bridgehead atoms. The largest absolute Gasteiger partial charge is 0.418 e. The van der Waals surface area contributed by atoms with Crippen molar-refractivity contribution in [2.75, 3.05) is 0 Å². The number of para-hydroxylation sites is 1. The standard InChI is InChI=1S/C13H15F3N2/c1-8(17)6-10-7-9-4-3-5-11(13(14,15)16)12(9)18(10)2/h3-5,7-8H,6,17H2,1-2H3. The van der Waals surface area contributed by atoms with Crippen LogP contribution in [-0.2, 0) is 19.6 Å². The number of rotatable bonds is 2. The van der Waals surface area contributed by atoms with E-state index in [0.29, 0.717) is 11.8 Å². The summed E-state index contributed by atoms with van der Waals surface area (Å²) >= 11 is 0. The summed E-state index contributed by atoms with van der Waals surface area (Å²) in [5, 5.41) is 0.600. The van der Waals surface area contributed by atoms with Crippen molar-refractivity contribution in [2.24, 2.45) is 12.8 Å². The highest BCUT2D eigenvalue weighted by Crippen LogP contribution is 2.35. The average Bonchev–Trinajstić information content (AvgIpc) is 2.54. The van der Waals surface area contributed by atoms with Gasteiger partial charge in [0.05, 0.1) is 11.1 Å². The van der Waals surface area contributed by atoms with Gasteiger partial charge in [0.2, 0.25) is 0 Å². The first-order valence-electron chi connectivity index (χ1n) is 5.71. The molecule has 1 unspecified atom stereocenters. The van der Waals surface area contributed by atoms with Gasteiger partial charge < -0.3 is 10.3 Å². The second kappa shape index (κ2) is 4.31. The fourth-order valence-corrected chi connectivity index (χ4v) is 2.23. The van der Waals surface area contributed by atoms with Crippen LogP contribution < -0.4 is 5.73 Å². The highest BCUT2D eigenvalue weighted by Gasteiger charge is 2.33. The zero-order valence-corrected chi connectivity index (χ0v) is 10.3. The monoisotopic (exact) mass is 256 g/mol. The maximum absolute atomic E-state index is 12.9. The van der Waals surface area contributed by atoms with Gasteiger partial charge in [0, 0.05) is 30.6 Å². The van der Waals surface area contributed by atoms with E-state index in [1.807, 2.05) is 6.92 Å². The molecule has 0 amide bonds. The van der Waals surface area contributed by atoms with Crippen molar-refractivity contribution >= 4 is 10.9 Å². The molecule has 98 valence electrons. The van der Waals surface area contributed by atoms with Gasteiger partial charge in [0.15, 0.2) is 0 Å². The molecule has 5 heteroatoms. The minimum Gasteiger partial charge on any atom is -0.347 e. The molecule has 1 aromatic heterocycles. The fraction of sp³-hybridized carbons (Fsp3) is 0.385. The highest BCUT2D eigenvalue weighted by atomic mass is 19.4. The molecule has 0 saturated carbocycles. The Hall–Kier alpha value is -1.49. The van der Waals surface area contributed by atoms with Crippen molar-refractivity contribution in [1.82, 2.24) is 4.57 Å². The maximum atomic E-state index is 12.9. The number of benzene rings is 1. The summed E-state index contributed by atoms with van der Waals surface area (Å²) in [5.41, 5.74) is 6.14. The molecule has 18 heavy (non-hydrogen) atoms. The van der Waals surface area contributed by atoms with Crippen LogP contribution in [0.15, 0.2) is 24.3 Å². The molecule has 0 saturated heterocycles. The van der Waals surface area contributed by atoms with Crippen LogP contribution in [0.2, 0.25) is 0 Å². The lowest BCUT2D eigenvalue weighted by molar-refractivity contribution is -0.136. The van der Waals surface area contributed by atoms with E-state index in [1.54, 1.807) is 23.7 Å². The van der Waals surface area contributed by atoms with Crippen LogP contribution in [0.25, 0.3) is 10.9 Å². The van der Waals surface area contributed by atoms with Crippen LogP contribution in [0, 0.1) is 0 Å². The Balaban J connectivity index is 2.66. The van der Waals surface area contributed by atoms with Crippen LogP contribution >= 0.6 is 0 Å². The molecule has 0 fully saturated rings. The topological polar surface area (TPSA) is 30.9 Å². The molecule has 0 aliphatic heterocycles. The minimum absolute atomic E-state index is 0.0812. The first kappa shape index (κ1) is 13.0. The lowest BCUT2D eigenvalue weighted by Crippen LogP contribution is -2.19. The second-order valence-electron chi connectivity index (χ2n) is 4.62. The van der Waals surface area contributed by atoms with E-state index in [-0.39, 0.29) is 11.6 Å². The van der Waals surface area contributed by atoms with Crippen molar-refractivity contribution < 1.29 is 13.2 Å². The Kier molecular flexibility index (Phi) is 3.11. The van der Waals surface area contributed by atoms with Gasteiger partial charge in [-0.2, -0.15) is 13.2 Å². The summed E-state index contributed by atoms with van der Waals surface area (Å²) in [6.07, 6.45) is -3.78. The predicted octanol–water partition coefficient (Wildman–Crippen LogP) is 3.09. The number of aromatic nitrogens is 1. The van der Waals surface area contributed by atoms with E-state index in [4.69, 9.17) is 5.73 Å². The summed E-state index contributed by atoms with van der Waals surface area (Å²) in [5.74, 6) is 0. The van der Waals surface area contributed by atoms with E-state index < -0.39 is 11.7 Å². The zero-order valence-electron chi connectivity index (χ0n) is 10.3. The lowest BCUT2D eigenvalue weighted by atomic mass is 10.1. The van der Waals surface area contributed by atoms with Crippen LogP contribution in [0.4, 0.5) is 13.2 Å². The second-order valence-corrected chi connectivity index (χ2v) is 4.62. The third-order valence-electron chi connectivity index (χ3n) is 2.99. The number of halogens is 3. The van der Waals surface area contributed by atoms with E-state index >= 15 is 0 Å². The first-order chi connectivity index (χ1) is 8.30. The summed E-state index contributed by atoms with van der Waals surface area (Å²) in [6.45, 7) is 1.84. The van der Waals surface area contributed by atoms with Crippen LogP contribution in [0.3, 0.4) is 0 Å². The summed E-state index contributed by atoms with van der Waals surface area (Å²) in [4.78, 5) is 0. The molecule has 0 aliphatic carbocycles. The van der Waals surface area contributed by atoms with Crippen molar-refractivity contribution in [1.29, 1.82) is 0 Å². The molecular weight excluding hydrogens is 241 g/mol. The number of nitrogens with zero attached hydrogens (tertiary/aromatic N) is 1. The van der Waals surface area contributed by atoms with Gasteiger partial charge in [-0.05, 0) is 19.1 Å². The molecule has 1 atom stereocenters. The van der Waals surface area contributed by atoms with Gasteiger partial charge in [0.25, 0.3) is 0 Å². The van der Waals surface area contributed by atoms with Gasteiger partial charge >= 0.3 is 6.18 Å². The highest BCUT2D eigenvalue weighted by molar-refractivity contribution is 5.85. The third kappa shape index (κ3) is 2.22. The Morgan fingerprint density at radius 2 is 2.00 bits per heavy atom. The van der Waals surface area contributed by atoms with E-state index in [2.05, 4.69) is 0 Å². The SMILES string of the molecule is CC(N)Cc1cc2cccc(C(F)(F)F)c2n1C. The molecule has 0 aliphatic rings. The molecule has 2 nitrogen and oxygen atoms in total. The van der Waals surface area contributed by atoms with Crippen LogP contribution in [-0.4, -0.2) is 10.6 Å². The van der Waals surface area contributed by atoms with Gasteiger partial charge in [-0.25, -0.2) is 0 Å². The predicted molar refractivity (Wildman–Crippen MR) is 65.3 cm³/mol. The molecule has 2 N–H and O–H groups in total. The van der Waals surface area contributed by atoms with Crippen LogP contribution in [0.5, 0.6) is 0 Å². The van der Waals surface area contributed by atoms with Crippen LogP contribution in [0.1, 0.15) is 18.2 Å². The van der Waals surface area contributed by atoms with Gasteiger partial charge in [-0.1, -0.05) is 12.1 Å². The molecule has 0 radical (unpaired) electrons. The number of hydrogen-bond donors (Lipinski definition) is 1. The summed E-state index contributed by atoms with van der Waals surface area (Å²) in [7, 11) is 1.65. The molecule has 2 aromatic rings. The number of fused-ring (bicyclic) bond motifs is 1. The maximum Gasteiger partial charge on any atom is 0.418 e. The Bertz CT molecular complexity index is 567. The summed E-state index contributed by atoms with van der Waals surface area (Å²) in [6, 6.07) is 5.92. The third-order valence-corrected chi connectivity index (χ3v) is 2.99. The minimum atomic E-state index is -4.34. The van der Waals surface area contributed by atoms with Gasteiger partial charge in [0.1, 0.15) is 0 Å². The van der Waals surface area contributed by atoms with E-state index in [9.17, 15) is 13.2 Å². The van der Waals surface area contributed by atoms with Crippen molar-refractivity contribution in [2.45, 2.75) is 25.6 Å². The Morgan fingerprint density at radius 3 is 2.56 bits per heavy atom. The Labute approximate surface area is 103 Å². The molecule has 2 rings (SSSR count). The quantitative estimate of drug-likeness (QED) is 0.879. The summed E-state index contributed by atoms with van der Waals surface area (Å²) < 4.78 is 40.4. The fourth-order valence-electron chi connectivity index (χ4n) is 2.23. The first-order valence-corrected chi connectivity index (χ1v) is 5.71. The number of hydrogen-bond acceptors (Lipinski definition) is 1. The smallest absolute Gasteiger partial charge is 0.347 e. The number of alkyl halides is 3. The Morgan fingerprint density at radius 1 is 1.33 bits per heavy atom. The van der Waals surface area contributed by atoms with Crippen molar-refractivity contribution in [3.05, 3.63) is 35.5 Å².